The normalized spacial score (nSPS) is 10.8. The molecule has 1 heterocycles. The number of rotatable bonds is 6. The fraction of sp³-hybridized carbons (Fsp3) is 0.333. The fourth-order valence-corrected chi connectivity index (χ4v) is 2.39. The summed E-state index contributed by atoms with van der Waals surface area (Å²) in [6.07, 6.45) is 2.64. The van der Waals surface area contributed by atoms with E-state index in [2.05, 4.69) is 32.7 Å². The van der Waals surface area contributed by atoms with Crippen LogP contribution in [0.25, 0.3) is 0 Å². The number of nitrogens with zero attached hydrogens (tertiary/aromatic N) is 2. The number of aromatic nitrogens is 1. The van der Waals surface area contributed by atoms with E-state index in [0.717, 1.165) is 35.8 Å². The van der Waals surface area contributed by atoms with Gasteiger partial charge in [0.15, 0.2) is 5.96 Å². The molecule has 1 aromatic heterocycles. The molecule has 0 radical (unpaired) electrons. The third-order valence-corrected chi connectivity index (χ3v) is 3.83. The average Bonchev–Trinajstić information content (AvgIpc) is 2.60. The molecule has 2 rings (SSSR count). The summed E-state index contributed by atoms with van der Waals surface area (Å²) < 4.78 is 5.42. The van der Waals surface area contributed by atoms with Crippen molar-refractivity contribution >= 4 is 41.5 Å². The van der Waals surface area contributed by atoms with Crippen molar-refractivity contribution in [3.05, 3.63) is 58.4 Å². The summed E-state index contributed by atoms with van der Waals surface area (Å²) in [7, 11) is 3.44. The average molecular weight is 475 g/mol. The molecule has 136 valence electrons. The number of halogens is 2. The van der Waals surface area contributed by atoms with E-state index in [0.29, 0.717) is 11.7 Å². The molecule has 0 spiro atoms. The standard InChI is InChI=1S/C18H23ClN4O.HI/c1-13-4-6-15(16(10-13)24-3)12-23-18(20-2)21-9-8-14-5-7-17(19)22-11-14;/h4-7,10-11H,8-9,12H2,1-3H3,(H2,20,21,23);1H. The predicted octanol–water partition coefficient (Wildman–Crippen LogP) is 3.58. The lowest BCUT2D eigenvalue weighted by Gasteiger charge is -2.14. The van der Waals surface area contributed by atoms with Crippen LogP contribution in [0.3, 0.4) is 0 Å². The van der Waals surface area contributed by atoms with Crippen LogP contribution in [0, 0.1) is 6.92 Å². The second-order valence-corrected chi connectivity index (χ2v) is 5.79. The van der Waals surface area contributed by atoms with Crippen molar-refractivity contribution in [1.29, 1.82) is 0 Å². The summed E-state index contributed by atoms with van der Waals surface area (Å²) in [5.41, 5.74) is 3.39. The predicted molar refractivity (Wildman–Crippen MR) is 114 cm³/mol. The van der Waals surface area contributed by atoms with E-state index in [1.54, 1.807) is 26.4 Å². The molecule has 0 aliphatic heterocycles. The van der Waals surface area contributed by atoms with Crippen LogP contribution in [-0.4, -0.2) is 31.6 Å². The largest absolute Gasteiger partial charge is 0.496 e. The van der Waals surface area contributed by atoms with Gasteiger partial charge in [-0.1, -0.05) is 29.8 Å². The lowest BCUT2D eigenvalue weighted by Crippen LogP contribution is -2.37. The number of benzene rings is 1. The molecule has 0 amide bonds. The Morgan fingerprint density at radius 1 is 1.24 bits per heavy atom. The number of aliphatic imine (C=N–C) groups is 1. The Morgan fingerprint density at radius 2 is 2.04 bits per heavy atom. The van der Waals surface area contributed by atoms with Crippen LogP contribution in [-0.2, 0) is 13.0 Å². The maximum absolute atomic E-state index is 5.79. The summed E-state index contributed by atoms with van der Waals surface area (Å²) in [6, 6.07) is 9.94. The molecular formula is C18H24ClIN4O. The molecular weight excluding hydrogens is 451 g/mol. The molecule has 2 N–H and O–H groups in total. The van der Waals surface area contributed by atoms with Crippen LogP contribution in [0.15, 0.2) is 41.5 Å². The smallest absolute Gasteiger partial charge is 0.191 e. The molecule has 7 heteroatoms. The number of guanidine groups is 1. The van der Waals surface area contributed by atoms with Gasteiger partial charge in [0.05, 0.1) is 7.11 Å². The Labute approximate surface area is 171 Å². The van der Waals surface area contributed by atoms with Gasteiger partial charge in [0.1, 0.15) is 10.9 Å². The van der Waals surface area contributed by atoms with Crippen molar-refractivity contribution in [1.82, 2.24) is 15.6 Å². The topological polar surface area (TPSA) is 58.5 Å². The first kappa shape index (κ1) is 21.5. The molecule has 0 saturated heterocycles. The minimum Gasteiger partial charge on any atom is -0.496 e. The summed E-state index contributed by atoms with van der Waals surface area (Å²) >= 11 is 5.79. The highest BCUT2D eigenvalue weighted by Gasteiger charge is 2.04. The molecule has 0 aliphatic rings. The number of hydrogen-bond donors (Lipinski definition) is 2. The van der Waals surface area contributed by atoms with Gasteiger partial charge < -0.3 is 15.4 Å². The number of ether oxygens (including phenoxy) is 1. The van der Waals surface area contributed by atoms with Gasteiger partial charge >= 0.3 is 0 Å². The van der Waals surface area contributed by atoms with Crippen LogP contribution in [0.1, 0.15) is 16.7 Å². The molecule has 1 aromatic carbocycles. The lowest BCUT2D eigenvalue weighted by molar-refractivity contribution is 0.408. The molecule has 25 heavy (non-hydrogen) atoms. The van der Waals surface area contributed by atoms with Gasteiger partial charge in [-0.2, -0.15) is 0 Å². The van der Waals surface area contributed by atoms with Crippen LogP contribution in [0.2, 0.25) is 5.15 Å². The Morgan fingerprint density at radius 3 is 2.68 bits per heavy atom. The minimum atomic E-state index is 0. The Kier molecular flexibility index (Phi) is 9.59. The zero-order chi connectivity index (χ0) is 17.4. The number of nitrogens with one attached hydrogen (secondary N) is 2. The number of hydrogen-bond acceptors (Lipinski definition) is 3. The number of pyridine rings is 1. The molecule has 0 unspecified atom stereocenters. The minimum absolute atomic E-state index is 0. The molecule has 0 aliphatic carbocycles. The fourth-order valence-electron chi connectivity index (χ4n) is 2.28. The Hall–Kier alpha value is -1.54. The third-order valence-electron chi connectivity index (χ3n) is 3.61. The second-order valence-electron chi connectivity index (χ2n) is 5.41. The zero-order valence-electron chi connectivity index (χ0n) is 14.7. The van der Waals surface area contributed by atoms with Crippen LogP contribution < -0.4 is 15.4 Å². The molecule has 0 atom stereocenters. The van der Waals surface area contributed by atoms with E-state index >= 15 is 0 Å². The maximum atomic E-state index is 5.79. The first-order valence-electron chi connectivity index (χ1n) is 7.81. The molecule has 0 bridgehead atoms. The van der Waals surface area contributed by atoms with Gasteiger partial charge in [-0.15, -0.1) is 24.0 Å². The van der Waals surface area contributed by atoms with Crippen molar-refractivity contribution in [3.63, 3.8) is 0 Å². The van der Waals surface area contributed by atoms with Gasteiger partial charge in [0.25, 0.3) is 0 Å². The van der Waals surface area contributed by atoms with E-state index < -0.39 is 0 Å². The van der Waals surface area contributed by atoms with Gasteiger partial charge in [-0.05, 0) is 36.6 Å². The molecule has 2 aromatic rings. The zero-order valence-corrected chi connectivity index (χ0v) is 17.8. The third kappa shape index (κ3) is 7.07. The summed E-state index contributed by atoms with van der Waals surface area (Å²) in [5, 5.41) is 7.10. The summed E-state index contributed by atoms with van der Waals surface area (Å²) in [4.78, 5) is 8.32. The monoisotopic (exact) mass is 474 g/mol. The van der Waals surface area contributed by atoms with Gasteiger partial charge in [0, 0.05) is 31.9 Å². The Bertz CT molecular complexity index is 692. The summed E-state index contributed by atoms with van der Waals surface area (Å²) in [5.74, 6) is 1.63. The van der Waals surface area contributed by atoms with Gasteiger partial charge in [-0.25, -0.2) is 4.98 Å². The SMILES string of the molecule is CN=C(NCCc1ccc(Cl)nc1)NCc1ccc(C)cc1OC.I. The lowest BCUT2D eigenvalue weighted by atomic mass is 10.1. The van der Waals surface area contributed by atoms with Crippen molar-refractivity contribution in [3.8, 4) is 5.75 Å². The molecule has 5 nitrogen and oxygen atoms in total. The number of aryl methyl sites for hydroxylation is 1. The van der Waals surface area contributed by atoms with E-state index in [4.69, 9.17) is 16.3 Å². The van der Waals surface area contributed by atoms with Crippen molar-refractivity contribution in [2.45, 2.75) is 19.9 Å². The van der Waals surface area contributed by atoms with Crippen molar-refractivity contribution < 1.29 is 4.74 Å². The maximum Gasteiger partial charge on any atom is 0.191 e. The number of methoxy groups -OCH3 is 1. The first-order chi connectivity index (χ1) is 11.6. The molecule has 0 fully saturated rings. The summed E-state index contributed by atoms with van der Waals surface area (Å²) in [6.45, 7) is 3.45. The first-order valence-corrected chi connectivity index (χ1v) is 8.18. The second kappa shape index (κ2) is 11.1. The van der Waals surface area contributed by atoms with Crippen LogP contribution >= 0.6 is 35.6 Å². The highest BCUT2D eigenvalue weighted by Crippen LogP contribution is 2.19. The van der Waals surface area contributed by atoms with E-state index in [-0.39, 0.29) is 24.0 Å². The van der Waals surface area contributed by atoms with Gasteiger partial charge in [0.2, 0.25) is 0 Å². The van der Waals surface area contributed by atoms with E-state index in [9.17, 15) is 0 Å². The van der Waals surface area contributed by atoms with E-state index in [1.807, 2.05) is 19.1 Å². The highest BCUT2D eigenvalue weighted by atomic mass is 127. The Balaban J connectivity index is 0.00000312. The highest BCUT2D eigenvalue weighted by molar-refractivity contribution is 14.0. The van der Waals surface area contributed by atoms with E-state index in [1.165, 1.54) is 5.56 Å². The quantitative estimate of drug-likeness (QED) is 0.291. The molecule has 0 saturated carbocycles. The van der Waals surface area contributed by atoms with Crippen LogP contribution in [0.5, 0.6) is 5.75 Å². The van der Waals surface area contributed by atoms with Gasteiger partial charge in [-0.3, -0.25) is 4.99 Å². The van der Waals surface area contributed by atoms with Crippen molar-refractivity contribution in [2.75, 3.05) is 20.7 Å². The van der Waals surface area contributed by atoms with Crippen molar-refractivity contribution in [2.24, 2.45) is 4.99 Å². The van der Waals surface area contributed by atoms with Crippen LogP contribution in [0.4, 0.5) is 0 Å².